The van der Waals surface area contributed by atoms with Gasteiger partial charge in [-0.25, -0.2) is 4.79 Å². The van der Waals surface area contributed by atoms with Crippen molar-refractivity contribution in [2.75, 3.05) is 0 Å². The summed E-state index contributed by atoms with van der Waals surface area (Å²) < 4.78 is 4.75. The van der Waals surface area contributed by atoms with Gasteiger partial charge in [-0.15, -0.1) is 0 Å². The molecule has 0 aromatic heterocycles. The second-order valence-electron chi connectivity index (χ2n) is 3.09. The van der Waals surface area contributed by atoms with Gasteiger partial charge >= 0.3 is 11.9 Å². The zero-order chi connectivity index (χ0) is 12.3. The molecule has 16 heavy (non-hydrogen) atoms. The summed E-state index contributed by atoms with van der Waals surface area (Å²) in [4.78, 5) is 21.1. The molecule has 0 bridgehead atoms. The number of carboxylic acid groups (broad SMARTS) is 2. The monoisotopic (exact) mass is 226 g/mol. The van der Waals surface area contributed by atoms with Crippen LogP contribution in [0.25, 0.3) is 0 Å². The molecule has 0 saturated heterocycles. The first-order valence-electron chi connectivity index (χ1n) is 4.32. The number of aliphatic carboxylic acids is 2. The molecule has 3 N–H and O–H groups in total. The number of aliphatic hydroxyl groups excluding tert-OH is 1. The average molecular weight is 226 g/mol. The maximum absolute atomic E-state index is 10.7. The summed E-state index contributed by atoms with van der Waals surface area (Å²) in [6.45, 7) is 3.11. The van der Waals surface area contributed by atoms with Crippen LogP contribution < -0.4 is 0 Å². The molecule has 0 radical (unpaired) electrons. The Morgan fingerprint density at radius 2 is 2.00 bits per heavy atom. The van der Waals surface area contributed by atoms with Gasteiger partial charge in [-0.2, -0.15) is 0 Å². The Morgan fingerprint density at radius 3 is 2.50 bits per heavy atom. The van der Waals surface area contributed by atoms with Crippen molar-refractivity contribution in [1.82, 2.24) is 0 Å². The first kappa shape index (κ1) is 12.0. The number of aliphatic hydroxyl groups is 1. The summed E-state index contributed by atoms with van der Waals surface area (Å²) in [6, 6.07) is 0. The average Bonchev–Trinajstić information content (AvgIpc) is 2.20. The predicted octanol–water partition coefficient (Wildman–Crippen LogP) is 0.117. The second-order valence-corrected chi connectivity index (χ2v) is 3.09. The summed E-state index contributed by atoms with van der Waals surface area (Å²) in [5.41, 5.74) is 0. The van der Waals surface area contributed by atoms with E-state index in [4.69, 9.17) is 14.9 Å². The van der Waals surface area contributed by atoms with E-state index in [1.54, 1.807) is 0 Å². The third-order valence-corrected chi connectivity index (χ3v) is 1.98. The van der Waals surface area contributed by atoms with E-state index in [9.17, 15) is 14.7 Å². The molecule has 0 amide bonds. The van der Waals surface area contributed by atoms with Crippen LogP contribution in [0.4, 0.5) is 0 Å². The molecule has 2 atom stereocenters. The van der Waals surface area contributed by atoms with E-state index in [2.05, 4.69) is 6.58 Å². The van der Waals surface area contributed by atoms with E-state index in [1.807, 2.05) is 0 Å². The minimum Gasteiger partial charge on any atom is -0.481 e. The van der Waals surface area contributed by atoms with Gasteiger partial charge in [-0.3, -0.25) is 4.79 Å². The molecule has 0 unspecified atom stereocenters. The Kier molecular flexibility index (Phi) is 3.47. The third kappa shape index (κ3) is 2.48. The van der Waals surface area contributed by atoms with Crippen LogP contribution in [0.3, 0.4) is 0 Å². The van der Waals surface area contributed by atoms with E-state index in [1.165, 1.54) is 18.2 Å². The molecule has 86 valence electrons. The van der Waals surface area contributed by atoms with Crippen molar-refractivity contribution >= 4 is 11.9 Å². The lowest BCUT2D eigenvalue weighted by molar-refractivity contribution is -0.143. The van der Waals surface area contributed by atoms with Crippen molar-refractivity contribution < 1.29 is 29.6 Å². The fraction of sp³-hybridized carbons (Fsp3) is 0.200. The molecule has 1 rings (SSSR count). The minimum atomic E-state index is -1.42. The number of hydrogen-bond donors (Lipinski definition) is 3. The fourth-order valence-electron chi connectivity index (χ4n) is 1.15. The van der Waals surface area contributed by atoms with E-state index in [-0.39, 0.29) is 5.76 Å². The van der Waals surface area contributed by atoms with E-state index in [0.29, 0.717) is 0 Å². The highest BCUT2D eigenvalue weighted by molar-refractivity contribution is 5.83. The van der Waals surface area contributed by atoms with E-state index < -0.39 is 29.7 Å². The quantitative estimate of drug-likeness (QED) is 0.464. The van der Waals surface area contributed by atoms with Gasteiger partial charge in [0.15, 0.2) is 0 Å². The molecule has 6 nitrogen and oxygen atoms in total. The van der Waals surface area contributed by atoms with Crippen LogP contribution in [0.5, 0.6) is 0 Å². The Labute approximate surface area is 90.8 Å². The van der Waals surface area contributed by atoms with Crippen LogP contribution in [0.2, 0.25) is 0 Å². The molecule has 6 heteroatoms. The molecule has 0 aromatic carbocycles. The number of rotatable bonds is 4. The normalized spacial score (nSPS) is 23.4. The predicted molar refractivity (Wildman–Crippen MR) is 52.2 cm³/mol. The van der Waals surface area contributed by atoms with Gasteiger partial charge in [-0.05, 0) is 12.7 Å². The molecule has 1 aliphatic carbocycles. The van der Waals surface area contributed by atoms with Gasteiger partial charge < -0.3 is 20.1 Å². The van der Waals surface area contributed by atoms with Gasteiger partial charge in [0.25, 0.3) is 0 Å². The molecular weight excluding hydrogens is 216 g/mol. The molecule has 0 fully saturated rings. The van der Waals surface area contributed by atoms with Crippen LogP contribution in [0.15, 0.2) is 36.3 Å². The van der Waals surface area contributed by atoms with Crippen molar-refractivity contribution in [2.24, 2.45) is 5.92 Å². The zero-order valence-corrected chi connectivity index (χ0v) is 8.16. The number of allylic oxidation sites excluding steroid dienone is 2. The van der Waals surface area contributed by atoms with Gasteiger partial charge in [-0.1, -0.05) is 12.2 Å². The van der Waals surface area contributed by atoms with Crippen LogP contribution in [0, 0.1) is 5.92 Å². The molecule has 0 spiro atoms. The maximum atomic E-state index is 10.7. The third-order valence-electron chi connectivity index (χ3n) is 1.98. The van der Waals surface area contributed by atoms with Crippen molar-refractivity contribution in [2.45, 2.75) is 6.10 Å². The SMILES string of the molecule is C=C(OC1=CC=C[C@H](C(=O)O)[C@@H]1O)C(=O)O. The van der Waals surface area contributed by atoms with Crippen molar-refractivity contribution in [3.8, 4) is 0 Å². The van der Waals surface area contributed by atoms with Crippen molar-refractivity contribution in [1.29, 1.82) is 0 Å². The van der Waals surface area contributed by atoms with Crippen LogP contribution in [-0.2, 0) is 14.3 Å². The molecule has 0 heterocycles. The Hall–Kier alpha value is -2.08. The summed E-state index contributed by atoms with van der Waals surface area (Å²) in [7, 11) is 0. The lowest BCUT2D eigenvalue weighted by Crippen LogP contribution is -2.31. The standard InChI is InChI=1S/C10H10O6/c1-5(9(12)13)16-7-4-2-3-6(8(7)11)10(14)15/h2-4,6,8,11H,1H2,(H,12,13)(H,14,15)/t6-,8-/m0/s1. The zero-order valence-electron chi connectivity index (χ0n) is 8.16. The first-order chi connectivity index (χ1) is 7.43. The number of carboxylic acids is 2. The van der Waals surface area contributed by atoms with E-state index in [0.717, 1.165) is 0 Å². The van der Waals surface area contributed by atoms with E-state index >= 15 is 0 Å². The van der Waals surface area contributed by atoms with Crippen LogP contribution in [-0.4, -0.2) is 33.4 Å². The summed E-state index contributed by atoms with van der Waals surface area (Å²) in [5, 5.41) is 26.8. The molecule has 0 aliphatic heterocycles. The maximum Gasteiger partial charge on any atom is 0.371 e. The number of hydrogen-bond acceptors (Lipinski definition) is 4. The number of ether oxygens (including phenoxy) is 1. The summed E-state index contributed by atoms with van der Waals surface area (Å²) >= 11 is 0. The highest BCUT2D eigenvalue weighted by Crippen LogP contribution is 2.22. The Balaban J connectivity index is 2.79. The van der Waals surface area contributed by atoms with Gasteiger partial charge in [0.2, 0.25) is 5.76 Å². The second kappa shape index (κ2) is 4.63. The lowest BCUT2D eigenvalue weighted by Gasteiger charge is -2.21. The Bertz CT molecular complexity index is 392. The molecule has 0 saturated carbocycles. The smallest absolute Gasteiger partial charge is 0.371 e. The topological polar surface area (TPSA) is 104 Å². The molecule has 1 aliphatic rings. The van der Waals surface area contributed by atoms with Crippen LogP contribution in [0.1, 0.15) is 0 Å². The van der Waals surface area contributed by atoms with Gasteiger partial charge in [0, 0.05) is 0 Å². The number of carbonyl (C=O) groups is 2. The van der Waals surface area contributed by atoms with Crippen LogP contribution >= 0.6 is 0 Å². The highest BCUT2D eigenvalue weighted by atomic mass is 16.5. The molecule has 0 aromatic rings. The first-order valence-corrected chi connectivity index (χ1v) is 4.32. The van der Waals surface area contributed by atoms with Gasteiger partial charge in [0.1, 0.15) is 17.8 Å². The fourth-order valence-corrected chi connectivity index (χ4v) is 1.15. The highest BCUT2D eigenvalue weighted by Gasteiger charge is 2.31. The largest absolute Gasteiger partial charge is 0.481 e. The summed E-state index contributed by atoms with van der Waals surface area (Å²) in [6.07, 6.45) is 2.52. The lowest BCUT2D eigenvalue weighted by atomic mass is 9.96. The summed E-state index contributed by atoms with van der Waals surface area (Å²) in [5.74, 6) is -4.48. The van der Waals surface area contributed by atoms with Crippen molar-refractivity contribution in [3.63, 3.8) is 0 Å². The van der Waals surface area contributed by atoms with Crippen molar-refractivity contribution in [3.05, 3.63) is 36.3 Å². The van der Waals surface area contributed by atoms with Gasteiger partial charge in [0.05, 0.1) is 0 Å². The Morgan fingerprint density at radius 1 is 1.38 bits per heavy atom. The minimum absolute atomic E-state index is 0.151. The molecular formula is C10H10O6.